The van der Waals surface area contributed by atoms with E-state index in [1.807, 2.05) is 24.3 Å². The Kier molecular flexibility index (Phi) is 8.66. The molecule has 7 nitrogen and oxygen atoms in total. The van der Waals surface area contributed by atoms with Crippen LogP contribution in [0.15, 0.2) is 48.5 Å². The highest BCUT2D eigenvalue weighted by Gasteiger charge is 2.50. The van der Waals surface area contributed by atoms with Crippen molar-refractivity contribution < 1.29 is 19.4 Å². The lowest BCUT2D eigenvalue weighted by Gasteiger charge is -2.32. The molecule has 2 aromatic carbocycles. The van der Waals surface area contributed by atoms with Gasteiger partial charge in [0.1, 0.15) is 18.2 Å². The molecular formula is C34H43N3O4. The molecule has 7 heteroatoms. The van der Waals surface area contributed by atoms with E-state index < -0.39 is 11.4 Å². The number of ether oxygens (including phenoxy) is 2. The number of anilines is 1. The minimum Gasteiger partial charge on any atom is -0.488 e. The Morgan fingerprint density at radius 3 is 2.68 bits per heavy atom. The molecule has 41 heavy (non-hydrogen) atoms. The van der Waals surface area contributed by atoms with Crippen LogP contribution in [0.25, 0.3) is 11.3 Å². The Balaban J connectivity index is 1.42. The molecule has 0 bridgehead atoms. The van der Waals surface area contributed by atoms with Crippen LogP contribution in [0.3, 0.4) is 0 Å². The maximum Gasteiger partial charge on any atom is 0.311 e. The molecular weight excluding hydrogens is 514 g/mol. The maximum absolute atomic E-state index is 12.2. The van der Waals surface area contributed by atoms with E-state index in [9.17, 15) is 9.90 Å². The Morgan fingerprint density at radius 1 is 1.15 bits per heavy atom. The summed E-state index contributed by atoms with van der Waals surface area (Å²) < 4.78 is 12.0. The molecule has 3 aromatic rings. The zero-order valence-electron chi connectivity index (χ0n) is 25.1. The lowest BCUT2D eigenvalue weighted by molar-refractivity contribution is -0.148. The largest absolute Gasteiger partial charge is 0.488 e. The minimum atomic E-state index is -0.896. The molecule has 1 saturated heterocycles. The van der Waals surface area contributed by atoms with Crippen LogP contribution in [0, 0.1) is 12.3 Å². The van der Waals surface area contributed by atoms with E-state index in [4.69, 9.17) is 14.5 Å². The third-order valence-corrected chi connectivity index (χ3v) is 9.10. The van der Waals surface area contributed by atoms with Crippen LogP contribution in [-0.2, 0) is 35.5 Å². The number of aryl methyl sites for hydroxylation is 2. The second kappa shape index (κ2) is 12.2. The van der Waals surface area contributed by atoms with Crippen LogP contribution < -0.4 is 9.64 Å². The molecule has 0 saturated carbocycles. The fourth-order valence-corrected chi connectivity index (χ4v) is 6.45. The second-order valence-electron chi connectivity index (χ2n) is 11.6. The van der Waals surface area contributed by atoms with Gasteiger partial charge in [0.05, 0.1) is 23.8 Å². The van der Waals surface area contributed by atoms with Gasteiger partial charge >= 0.3 is 5.97 Å². The van der Waals surface area contributed by atoms with Gasteiger partial charge in [0.2, 0.25) is 0 Å². The first-order chi connectivity index (χ1) is 19.8. The number of fused-ring (bicyclic) bond motifs is 1. The van der Waals surface area contributed by atoms with E-state index in [0.29, 0.717) is 26.2 Å². The first-order valence-electron chi connectivity index (χ1n) is 14.8. The number of carboxylic acid groups (broad SMARTS) is 1. The molecule has 218 valence electrons. The number of aromatic nitrogens is 1. The van der Waals surface area contributed by atoms with E-state index in [2.05, 4.69) is 54.8 Å². The quantitative estimate of drug-likeness (QED) is 0.333. The summed E-state index contributed by atoms with van der Waals surface area (Å²) in [6.45, 7) is 13.0. The number of pyridine rings is 1. The summed E-state index contributed by atoms with van der Waals surface area (Å²) in [4.78, 5) is 21.8. The zero-order valence-corrected chi connectivity index (χ0v) is 25.1. The van der Waals surface area contributed by atoms with Gasteiger partial charge < -0.3 is 19.5 Å². The number of para-hydroxylation sites is 1. The van der Waals surface area contributed by atoms with Gasteiger partial charge in [-0.3, -0.25) is 9.69 Å². The number of carbonyl (C=O) groups is 1. The fourth-order valence-electron chi connectivity index (χ4n) is 6.45. The van der Waals surface area contributed by atoms with E-state index in [1.54, 1.807) is 14.0 Å². The summed E-state index contributed by atoms with van der Waals surface area (Å²) in [5, 5.41) is 9.99. The number of methoxy groups -OCH3 is 1. The predicted octanol–water partition coefficient (Wildman–Crippen LogP) is 5.89. The molecule has 2 atom stereocenters. The monoisotopic (exact) mass is 557 g/mol. The topological polar surface area (TPSA) is 75.1 Å². The van der Waals surface area contributed by atoms with Crippen LogP contribution in [-0.4, -0.2) is 60.4 Å². The Labute approximate surface area is 244 Å². The van der Waals surface area contributed by atoms with Gasteiger partial charge in [-0.1, -0.05) is 44.2 Å². The SMILES string of the molecule is CCc1cc(COc2c(C)cccc2-c2cccc(N3CC[C@@](C)(C(=O)O)[C@H]3COC)n2)cc2c1CN(CC)CC2. The Hall–Kier alpha value is -3.42. The van der Waals surface area contributed by atoms with Crippen molar-refractivity contribution in [3.05, 3.63) is 76.3 Å². The van der Waals surface area contributed by atoms with Crippen molar-refractivity contribution in [1.29, 1.82) is 0 Å². The van der Waals surface area contributed by atoms with Gasteiger partial charge in [-0.15, -0.1) is 0 Å². The molecule has 3 heterocycles. The van der Waals surface area contributed by atoms with Crippen molar-refractivity contribution in [2.45, 2.75) is 66.2 Å². The third-order valence-electron chi connectivity index (χ3n) is 9.10. The predicted molar refractivity (Wildman–Crippen MR) is 163 cm³/mol. The highest BCUT2D eigenvalue weighted by Crippen LogP contribution is 2.40. The molecule has 1 fully saturated rings. The number of hydrogen-bond acceptors (Lipinski definition) is 6. The summed E-state index contributed by atoms with van der Waals surface area (Å²) in [5.41, 5.74) is 7.47. The summed E-state index contributed by atoms with van der Waals surface area (Å²) in [6.07, 6.45) is 2.64. The molecule has 0 aliphatic carbocycles. The van der Waals surface area contributed by atoms with Gasteiger partial charge in [0.25, 0.3) is 0 Å². The number of hydrogen-bond donors (Lipinski definition) is 1. The summed E-state index contributed by atoms with van der Waals surface area (Å²) in [7, 11) is 1.62. The first-order valence-corrected chi connectivity index (χ1v) is 14.8. The van der Waals surface area contributed by atoms with Crippen molar-refractivity contribution in [3.8, 4) is 17.0 Å². The lowest BCUT2D eigenvalue weighted by Crippen LogP contribution is -2.46. The number of carboxylic acids is 1. The van der Waals surface area contributed by atoms with Gasteiger partial charge in [0, 0.05) is 32.3 Å². The number of rotatable bonds is 10. The minimum absolute atomic E-state index is 0.304. The summed E-state index contributed by atoms with van der Waals surface area (Å²) >= 11 is 0. The first kappa shape index (κ1) is 29.1. The van der Waals surface area contributed by atoms with E-state index in [1.165, 1.54) is 22.3 Å². The molecule has 0 unspecified atom stereocenters. The molecule has 1 aromatic heterocycles. The van der Waals surface area contributed by atoms with E-state index >= 15 is 0 Å². The number of nitrogens with zero attached hydrogens (tertiary/aromatic N) is 3. The number of benzene rings is 2. The molecule has 0 spiro atoms. The molecule has 0 radical (unpaired) electrons. The van der Waals surface area contributed by atoms with Crippen LogP contribution >= 0.6 is 0 Å². The molecule has 1 N–H and O–H groups in total. The third kappa shape index (κ3) is 5.70. The van der Waals surface area contributed by atoms with Gasteiger partial charge in [-0.25, -0.2) is 4.98 Å². The van der Waals surface area contributed by atoms with Gasteiger partial charge in [-0.2, -0.15) is 0 Å². The van der Waals surface area contributed by atoms with Crippen LogP contribution in [0.1, 0.15) is 55.0 Å². The van der Waals surface area contributed by atoms with Crippen molar-refractivity contribution in [3.63, 3.8) is 0 Å². The molecule has 2 aliphatic heterocycles. The molecule has 0 amide bonds. The zero-order chi connectivity index (χ0) is 29.1. The average Bonchev–Trinajstić information content (AvgIpc) is 3.33. The van der Waals surface area contributed by atoms with Crippen molar-refractivity contribution in [2.24, 2.45) is 5.41 Å². The van der Waals surface area contributed by atoms with Crippen LogP contribution in [0.5, 0.6) is 5.75 Å². The lowest BCUT2D eigenvalue weighted by atomic mass is 9.83. The normalized spacial score (nSPS) is 20.7. The highest BCUT2D eigenvalue weighted by atomic mass is 16.5. The number of aliphatic carboxylic acids is 1. The Bertz CT molecular complexity index is 1390. The van der Waals surface area contributed by atoms with E-state index in [0.717, 1.165) is 60.9 Å². The van der Waals surface area contributed by atoms with Crippen molar-refractivity contribution >= 4 is 11.8 Å². The van der Waals surface area contributed by atoms with Crippen molar-refractivity contribution in [2.75, 3.05) is 38.3 Å². The van der Waals surface area contributed by atoms with Crippen molar-refractivity contribution in [1.82, 2.24) is 9.88 Å². The second-order valence-corrected chi connectivity index (χ2v) is 11.6. The fraction of sp³-hybridized carbons (Fsp3) is 0.471. The maximum atomic E-state index is 12.2. The average molecular weight is 558 g/mol. The number of likely N-dealkylation sites (N-methyl/N-ethyl adjacent to an activating group) is 1. The Morgan fingerprint density at radius 2 is 1.95 bits per heavy atom. The molecule has 5 rings (SSSR count). The smallest absolute Gasteiger partial charge is 0.311 e. The van der Waals surface area contributed by atoms with Gasteiger partial charge in [-0.05, 0) is 85.7 Å². The van der Waals surface area contributed by atoms with Crippen LogP contribution in [0.4, 0.5) is 5.82 Å². The van der Waals surface area contributed by atoms with Gasteiger partial charge in [0.15, 0.2) is 0 Å². The molecule has 2 aliphatic rings. The van der Waals surface area contributed by atoms with E-state index in [-0.39, 0.29) is 6.04 Å². The highest BCUT2D eigenvalue weighted by molar-refractivity contribution is 5.77. The van der Waals surface area contributed by atoms with Crippen LogP contribution in [0.2, 0.25) is 0 Å². The summed E-state index contributed by atoms with van der Waals surface area (Å²) in [6, 6.07) is 16.4. The standard InChI is InChI=1S/C34H43N3O4/c1-6-25-18-24(19-26-14-16-36(7-2)20-28(25)26)21-41-32-23(3)10-8-11-27(32)29-12-9-13-31(35-29)37-17-15-34(4,33(38)39)30(37)22-40-5/h8-13,18-19,30H,6-7,14-17,20-22H2,1-5H3,(H,38,39)/t30-,34-/m1/s1. The summed E-state index contributed by atoms with van der Waals surface area (Å²) in [5.74, 6) is 0.782.